The SMILES string of the molecule is CN(C(=O)OCC1c2ccccc2-c2ccccc21)C1CCCC1(C)O. The van der Waals surface area contributed by atoms with Crippen LogP contribution in [0.2, 0.25) is 0 Å². The van der Waals surface area contributed by atoms with Gasteiger partial charge < -0.3 is 14.7 Å². The minimum atomic E-state index is -0.833. The fourth-order valence-electron chi connectivity index (χ4n) is 4.56. The Morgan fingerprint density at radius 3 is 2.27 bits per heavy atom. The molecule has 1 fully saturated rings. The molecule has 2 aliphatic rings. The smallest absolute Gasteiger partial charge is 0.409 e. The number of hydrogen-bond acceptors (Lipinski definition) is 3. The lowest BCUT2D eigenvalue weighted by Crippen LogP contribution is -2.48. The third kappa shape index (κ3) is 2.78. The molecule has 1 amide bonds. The molecule has 2 atom stereocenters. The summed E-state index contributed by atoms with van der Waals surface area (Å²) in [4.78, 5) is 14.2. The molecule has 0 aliphatic heterocycles. The summed E-state index contributed by atoms with van der Waals surface area (Å²) in [7, 11) is 1.73. The molecule has 2 aromatic carbocycles. The van der Waals surface area contributed by atoms with Crippen molar-refractivity contribution in [1.82, 2.24) is 4.90 Å². The Balaban J connectivity index is 1.51. The number of hydrogen-bond donors (Lipinski definition) is 1. The highest BCUT2D eigenvalue weighted by atomic mass is 16.6. The minimum Gasteiger partial charge on any atom is -0.448 e. The molecule has 26 heavy (non-hydrogen) atoms. The van der Waals surface area contributed by atoms with Gasteiger partial charge >= 0.3 is 6.09 Å². The molecule has 1 N–H and O–H groups in total. The molecule has 2 unspecified atom stereocenters. The Hall–Kier alpha value is -2.33. The van der Waals surface area contributed by atoms with Crippen LogP contribution in [-0.4, -0.2) is 41.4 Å². The second kappa shape index (κ2) is 6.44. The zero-order chi connectivity index (χ0) is 18.3. The topological polar surface area (TPSA) is 49.8 Å². The summed E-state index contributed by atoms with van der Waals surface area (Å²) < 4.78 is 5.68. The summed E-state index contributed by atoms with van der Waals surface area (Å²) in [5.74, 6) is 0.0591. The summed E-state index contributed by atoms with van der Waals surface area (Å²) in [6, 6.07) is 16.4. The second-order valence-corrected chi connectivity index (χ2v) is 7.68. The first-order valence-electron chi connectivity index (χ1n) is 9.29. The average molecular weight is 351 g/mol. The van der Waals surface area contributed by atoms with Gasteiger partial charge in [0.1, 0.15) is 6.61 Å². The quantitative estimate of drug-likeness (QED) is 0.903. The van der Waals surface area contributed by atoms with E-state index in [-0.39, 0.29) is 18.1 Å². The van der Waals surface area contributed by atoms with Gasteiger partial charge in [-0.3, -0.25) is 0 Å². The number of likely N-dealkylation sites (N-methyl/N-ethyl adjacent to an activating group) is 1. The molecule has 4 heteroatoms. The summed E-state index contributed by atoms with van der Waals surface area (Å²) in [6.45, 7) is 2.12. The molecule has 1 saturated carbocycles. The highest BCUT2D eigenvalue weighted by Gasteiger charge is 2.41. The number of rotatable bonds is 3. The summed E-state index contributed by atoms with van der Waals surface area (Å²) >= 11 is 0. The molecule has 0 heterocycles. The van der Waals surface area contributed by atoms with Crippen LogP contribution >= 0.6 is 0 Å². The maximum Gasteiger partial charge on any atom is 0.409 e. The van der Waals surface area contributed by atoms with Crippen LogP contribution in [0.3, 0.4) is 0 Å². The minimum absolute atomic E-state index is 0.0591. The molecule has 2 aliphatic carbocycles. The molecule has 136 valence electrons. The van der Waals surface area contributed by atoms with E-state index in [0.717, 1.165) is 19.3 Å². The normalized spacial score (nSPS) is 24.2. The van der Waals surface area contributed by atoms with Crippen molar-refractivity contribution in [2.24, 2.45) is 0 Å². The zero-order valence-electron chi connectivity index (χ0n) is 15.3. The van der Waals surface area contributed by atoms with Gasteiger partial charge in [0.15, 0.2) is 0 Å². The lowest BCUT2D eigenvalue weighted by Gasteiger charge is -2.33. The van der Waals surface area contributed by atoms with Crippen LogP contribution in [-0.2, 0) is 4.74 Å². The first-order valence-corrected chi connectivity index (χ1v) is 9.29. The van der Waals surface area contributed by atoms with E-state index in [9.17, 15) is 9.90 Å². The van der Waals surface area contributed by atoms with Gasteiger partial charge in [0.2, 0.25) is 0 Å². The summed E-state index contributed by atoms with van der Waals surface area (Å²) in [5, 5.41) is 10.5. The van der Waals surface area contributed by atoms with E-state index < -0.39 is 5.60 Å². The van der Waals surface area contributed by atoms with Gasteiger partial charge in [-0.1, -0.05) is 48.5 Å². The molecular formula is C22H25NO3. The van der Waals surface area contributed by atoms with Crippen molar-refractivity contribution in [3.8, 4) is 11.1 Å². The number of aliphatic hydroxyl groups is 1. The molecular weight excluding hydrogens is 326 g/mol. The van der Waals surface area contributed by atoms with E-state index >= 15 is 0 Å². The fourth-order valence-corrected chi connectivity index (χ4v) is 4.56. The molecule has 0 aromatic heterocycles. The molecule has 0 spiro atoms. The highest BCUT2D eigenvalue weighted by molar-refractivity contribution is 5.79. The van der Waals surface area contributed by atoms with Crippen molar-refractivity contribution in [2.45, 2.75) is 43.7 Å². The van der Waals surface area contributed by atoms with Gasteiger partial charge in [-0.25, -0.2) is 4.79 Å². The van der Waals surface area contributed by atoms with E-state index in [4.69, 9.17) is 4.74 Å². The largest absolute Gasteiger partial charge is 0.448 e. The third-order valence-electron chi connectivity index (χ3n) is 5.97. The molecule has 4 nitrogen and oxygen atoms in total. The van der Waals surface area contributed by atoms with E-state index in [1.54, 1.807) is 18.9 Å². The van der Waals surface area contributed by atoms with Gasteiger partial charge in [0.05, 0.1) is 11.6 Å². The Bertz CT molecular complexity index is 784. The second-order valence-electron chi connectivity index (χ2n) is 7.68. The van der Waals surface area contributed by atoms with E-state index in [2.05, 4.69) is 24.3 Å². The number of carbonyl (C=O) groups excluding carboxylic acids is 1. The predicted molar refractivity (Wildman–Crippen MR) is 101 cm³/mol. The first kappa shape index (κ1) is 17.1. The first-order chi connectivity index (χ1) is 12.5. The Labute approximate surface area is 154 Å². The number of nitrogens with zero attached hydrogens (tertiary/aromatic N) is 1. The lowest BCUT2D eigenvalue weighted by atomic mass is 9.98. The van der Waals surface area contributed by atoms with Crippen molar-refractivity contribution in [3.05, 3.63) is 59.7 Å². The van der Waals surface area contributed by atoms with E-state index in [1.807, 2.05) is 24.3 Å². The van der Waals surface area contributed by atoms with Crippen molar-refractivity contribution in [1.29, 1.82) is 0 Å². The molecule has 0 bridgehead atoms. The van der Waals surface area contributed by atoms with Crippen LogP contribution in [0.5, 0.6) is 0 Å². The van der Waals surface area contributed by atoms with Crippen LogP contribution in [0.25, 0.3) is 11.1 Å². The maximum atomic E-state index is 12.6. The molecule has 0 saturated heterocycles. The molecule has 0 radical (unpaired) electrons. The van der Waals surface area contributed by atoms with E-state index in [0.29, 0.717) is 6.61 Å². The maximum absolute atomic E-state index is 12.6. The third-order valence-corrected chi connectivity index (χ3v) is 5.97. The van der Waals surface area contributed by atoms with E-state index in [1.165, 1.54) is 22.3 Å². The lowest BCUT2D eigenvalue weighted by molar-refractivity contribution is -0.00613. The van der Waals surface area contributed by atoms with Crippen molar-refractivity contribution >= 4 is 6.09 Å². The van der Waals surface area contributed by atoms with Crippen LogP contribution in [0.15, 0.2) is 48.5 Å². The van der Waals surface area contributed by atoms with Gasteiger partial charge in [-0.15, -0.1) is 0 Å². The van der Waals surface area contributed by atoms with Crippen LogP contribution in [0.1, 0.15) is 43.2 Å². The Morgan fingerprint density at radius 2 is 1.73 bits per heavy atom. The number of fused-ring (bicyclic) bond motifs is 3. The average Bonchev–Trinajstić information content (AvgIpc) is 3.16. The van der Waals surface area contributed by atoms with Crippen LogP contribution < -0.4 is 0 Å². The Kier molecular flexibility index (Phi) is 4.23. The number of ether oxygens (including phenoxy) is 1. The zero-order valence-corrected chi connectivity index (χ0v) is 15.3. The fraction of sp³-hybridized carbons (Fsp3) is 0.409. The Morgan fingerprint density at radius 1 is 1.15 bits per heavy atom. The van der Waals surface area contributed by atoms with Gasteiger partial charge in [0, 0.05) is 13.0 Å². The van der Waals surface area contributed by atoms with Crippen molar-refractivity contribution in [2.75, 3.05) is 13.7 Å². The summed E-state index contributed by atoms with van der Waals surface area (Å²) in [6.07, 6.45) is 2.10. The number of amides is 1. The van der Waals surface area contributed by atoms with Gasteiger partial charge in [-0.2, -0.15) is 0 Å². The monoisotopic (exact) mass is 351 g/mol. The van der Waals surface area contributed by atoms with Crippen LogP contribution in [0, 0.1) is 0 Å². The molecule has 4 rings (SSSR count). The van der Waals surface area contributed by atoms with Gasteiger partial charge in [-0.05, 0) is 48.4 Å². The van der Waals surface area contributed by atoms with Crippen LogP contribution in [0.4, 0.5) is 4.79 Å². The van der Waals surface area contributed by atoms with Gasteiger partial charge in [0.25, 0.3) is 0 Å². The number of carbonyl (C=O) groups is 1. The predicted octanol–water partition coefficient (Wildman–Crippen LogP) is 4.17. The standard InChI is InChI=1S/C22H25NO3/c1-22(25)13-7-12-20(22)23(2)21(24)26-14-19-17-10-5-3-8-15(17)16-9-4-6-11-18(16)19/h3-6,8-11,19-20,25H,7,12-14H2,1-2H3. The van der Waals surface area contributed by atoms with Crippen molar-refractivity contribution in [3.63, 3.8) is 0 Å². The number of benzene rings is 2. The van der Waals surface area contributed by atoms with Crippen molar-refractivity contribution < 1.29 is 14.6 Å². The molecule has 2 aromatic rings. The summed E-state index contributed by atoms with van der Waals surface area (Å²) in [5.41, 5.74) is 4.02. The highest BCUT2D eigenvalue weighted by Crippen LogP contribution is 2.44.